The van der Waals surface area contributed by atoms with E-state index in [1.165, 1.54) is 66.8 Å². The lowest BCUT2D eigenvalue weighted by Gasteiger charge is -2.44. The topological polar surface area (TPSA) is 32.3 Å². The van der Waals surface area contributed by atoms with Crippen LogP contribution >= 0.6 is 0 Å². The van der Waals surface area contributed by atoms with Crippen molar-refractivity contribution in [3.8, 4) is 0 Å². The molecular weight excluding hydrogens is 679 g/mol. The zero-order valence-corrected chi connectivity index (χ0v) is 37.1. The van der Waals surface area contributed by atoms with Crippen LogP contribution < -0.4 is 26.2 Å². The monoisotopic (exact) mass is 743 g/mol. The van der Waals surface area contributed by atoms with Crippen molar-refractivity contribution in [2.45, 2.75) is 150 Å². The molecule has 1 unspecified atom stereocenters. The number of aromatic nitrogens is 2. The lowest BCUT2D eigenvalue weighted by atomic mass is 9.33. The van der Waals surface area contributed by atoms with Crippen molar-refractivity contribution < 1.29 is 0 Å². The Balaban J connectivity index is 1.52. The van der Waals surface area contributed by atoms with E-state index in [1.807, 2.05) is 0 Å². The van der Waals surface area contributed by atoms with Crippen molar-refractivity contribution >= 4 is 57.5 Å². The van der Waals surface area contributed by atoms with Crippen LogP contribution in [0.2, 0.25) is 0 Å². The fourth-order valence-electron chi connectivity index (χ4n) is 9.71. The van der Waals surface area contributed by atoms with Crippen LogP contribution in [0.15, 0.2) is 72.8 Å². The van der Waals surface area contributed by atoms with Gasteiger partial charge in [0.2, 0.25) is 0 Å². The van der Waals surface area contributed by atoms with Gasteiger partial charge in [-0.15, -0.1) is 0 Å². The van der Waals surface area contributed by atoms with E-state index in [4.69, 9.17) is 9.97 Å². The van der Waals surface area contributed by atoms with Gasteiger partial charge < -0.3 is 0 Å². The van der Waals surface area contributed by atoms with E-state index in [1.54, 1.807) is 0 Å². The Labute approximate surface area is 338 Å². The third-order valence-electron chi connectivity index (χ3n) is 12.9. The van der Waals surface area contributed by atoms with Crippen molar-refractivity contribution in [3.63, 3.8) is 0 Å². The maximum absolute atomic E-state index is 5.54. The van der Waals surface area contributed by atoms with E-state index in [-0.39, 0.29) is 33.8 Å². The summed E-state index contributed by atoms with van der Waals surface area (Å²) in [5.74, 6) is 3.16. The van der Waals surface area contributed by atoms with Gasteiger partial charge in [0.1, 0.15) is 17.5 Å². The first-order valence-electron chi connectivity index (χ1n) is 20.9. The normalized spacial score (nSPS) is 17.4. The Morgan fingerprint density at radius 1 is 0.589 bits per heavy atom. The van der Waals surface area contributed by atoms with Crippen LogP contribution in [-0.4, -0.2) is 16.7 Å². The van der Waals surface area contributed by atoms with Gasteiger partial charge in [-0.1, -0.05) is 146 Å². The number of hydrogen-bond acceptors (Lipinski definition) is 4. The van der Waals surface area contributed by atoms with E-state index >= 15 is 0 Å². The third kappa shape index (κ3) is 6.11. The highest BCUT2D eigenvalue weighted by Gasteiger charge is 2.49. The minimum absolute atomic E-state index is 0.0160. The van der Waals surface area contributed by atoms with E-state index in [9.17, 15) is 0 Å². The molecule has 8 rings (SSSR count). The minimum Gasteiger partial charge on any atom is -0.296 e. The largest absolute Gasteiger partial charge is 0.296 e. The first-order chi connectivity index (χ1) is 25.9. The van der Waals surface area contributed by atoms with Crippen molar-refractivity contribution in [1.82, 2.24) is 9.97 Å². The second-order valence-corrected chi connectivity index (χ2v) is 22.0. The van der Waals surface area contributed by atoms with Gasteiger partial charge in [-0.05, 0) is 121 Å². The molecule has 3 heterocycles. The Hall–Kier alpha value is -4.38. The molecule has 5 heteroatoms. The zero-order chi connectivity index (χ0) is 40.7. The fourth-order valence-corrected chi connectivity index (χ4v) is 9.71. The van der Waals surface area contributed by atoms with Crippen molar-refractivity contribution in [1.29, 1.82) is 0 Å². The van der Waals surface area contributed by atoms with Gasteiger partial charge in [-0.2, -0.15) is 0 Å². The highest BCUT2D eigenvalue weighted by Crippen LogP contribution is 2.53. The van der Waals surface area contributed by atoms with Crippen LogP contribution in [0, 0.1) is 6.92 Å². The molecule has 0 radical (unpaired) electrons. The first kappa shape index (κ1) is 38.5. The van der Waals surface area contributed by atoms with Gasteiger partial charge >= 0.3 is 0 Å². The van der Waals surface area contributed by atoms with Crippen LogP contribution in [0.5, 0.6) is 0 Å². The Morgan fingerprint density at radius 2 is 1.12 bits per heavy atom. The molecule has 0 amide bonds. The number of benzene rings is 4. The first-order valence-corrected chi connectivity index (χ1v) is 20.9. The Kier molecular flexibility index (Phi) is 8.46. The predicted octanol–water partition coefficient (Wildman–Crippen LogP) is 11.8. The molecular formula is C51H63BN4. The predicted molar refractivity (Wildman–Crippen MR) is 242 cm³/mol. The molecule has 0 saturated heterocycles. The number of anilines is 6. The Morgan fingerprint density at radius 3 is 1.68 bits per heavy atom. The van der Waals surface area contributed by atoms with Crippen molar-refractivity contribution in [2.24, 2.45) is 0 Å². The van der Waals surface area contributed by atoms with Crippen LogP contribution in [0.3, 0.4) is 0 Å². The van der Waals surface area contributed by atoms with Gasteiger partial charge in [-0.3, -0.25) is 9.80 Å². The van der Waals surface area contributed by atoms with Gasteiger partial charge in [0.05, 0.1) is 0 Å². The van der Waals surface area contributed by atoms with E-state index in [0.29, 0.717) is 5.92 Å². The number of fused-ring (bicyclic) bond motifs is 6. The highest BCUT2D eigenvalue weighted by molar-refractivity contribution is 7.00. The van der Waals surface area contributed by atoms with Crippen molar-refractivity contribution in [2.75, 3.05) is 9.80 Å². The smallest absolute Gasteiger partial charge is 0.256 e. The molecule has 0 fully saturated rings. The molecule has 0 spiro atoms. The van der Waals surface area contributed by atoms with Crippen LogP contribution in [0.4, 0.5) is 34.4 Å². The number of hydrogen-bond donors (Lipinski definition) is 0. The summed E-state index contributed by atoms with van der Waals surface area (Å²) in [4.78, 5) is 16.0. The molecule has 5 aromatic rings. The molecule has 4 aromatic carbocycles. The van der Waals surface area contributed by atoms with Crippen LogP contribution in [-0.2, 0) is 27.1 Å². The van der Waals surface area contributed by atoms with Gasteiger partial charge in [0.15, 0.2) is 0 Å². The highest BCUT2D eigenvalue weighted by atomic mass is 15.3. The van der Waals surface area contributed by atoms with Gasteiger partial charge in [0, 0.05) is 28.2 Å². The Bertz CT molecular complexity index is 2360. The maximum Gasteiger partial charge on any atom is 0.256 e. The van der Waals surface area contributed by atoms with Crippen LogP contribution in [0.1, 0.15) is 155 Å². The second kappa shape index (κ2) is 12.3. The van der Waals surface area contributed by atoms with Crippen LogP contribution in [0.25, 0.3) is 0 Å². The summed E-state index contributed by atoms with van der Waals surface area (Å²) in [6.07, 6.45) is 1.12. The minimum atomic E-state index is -0.0373. The summed E-state index contributed by atoms with van der Waals surface area (Å²) < 4.78 is 0. The molecule has 56 heavy (non-hydrogen) atoms. The molecule has 1 aromatic heterocycles. The molecule has 0 saturated carbocycles. The number of nitrogens with zero attached hydrogens (tertiary/aromatic N) is 4. The average Bonchev–Trinajstić information content (AvgIpc) is 3.33. The summed E-state index contributed by atoms with van der Waals surface area (Å²) >= 11 is 0. The van der Waals surface area contributed by atoms with Gasteiger partial charge in [-0.25, -0.2) is 9.97 Å². The third-order valence-corrected chi connectivity index (χ3v) is 12.9. The quantitative estimate of drug-likeness (QED) is 0.165. The lowest BCUT2D eigenvalue weighted by molar-refractivity contribution is 0.489. The number of aryl methyl sites for hydroxylation is 1. The lowest BCUT2D eigenvalue weighted by Crippen LogP contribution is -2.62. The SMILES string of the molecule is Cc1nc2c3c(n1)N(c1cc(C(C)(C)C)cc(C(C)(C)C)c1)c1c(ccc4c1C(C)CC4(C)C)B3c1cc(C(C)(C)C)ccc1N2c1ccc(C(C)(C)C)cc1. The van der Waals surface area contributed by atoms with Crippen molar-refractivity contribution in [3.05, 3.63) is 112 Å². The molecule has 4 nitrogen and oxygen atoms in total. The summed E-state index contributed by atoms with van der Waals surface area (Å²) in [7, 11) is 0. The van der Waals surface area contributed by atoms with Gasteiger partial charge in [0.25, 0.3) is 6.71 Å². The summed E-state index contributed by atoms with van der Waals surface area (Å²) in [6.45, 7) is 37.2. The fraction of sp³-hybridized carbons (Fsp3) is 0.451. The molecule has 0 N–H and O–H groups in total. The van der Waals surface area contributed by atoms with E-state index in [2.05, 4.69) is 193 Å². The molecule has 1 atom stereocenters. The molecule has 2 aliphatic heterocycles. The summed E-state index contributed by atoms with van der Waals surface area (Å²) in [6, 6.07) is 28.6. The summed E-state index contributed by atoms with van der Waals surface area (Å²) in [5.41, 5.74) is 17.0. The zero-order valence-electron chi connectivity index (χ0n) is 37.1. The maximum atomic E-state index is 5.54. The standard InChI is InChI=1S/C51H63BN4/c1-30-29-51(15,16)38-22-23-39-44(42(30)38)56(37-26-34(49(9,10)11)25-35(27-37)50(12,13)14)46-43-45(53-31(2)54-46)55(36-20-17-32(18-21-36)47(3,4)5)41-24-19-33(48(6,7)8)28-40(41)52(39)43/h17-28,30H,29H2,1-16H3. The number of rotatable bonds is 2. The molecule has 0 bridgehead atoms. The molecule has 1 aliphatic carbocycles. The second-order valence-electron chi connectivity index (χ2n) is 22.0. The average molecular weight is 743 g/mol. The van der Waals surface area contributed by atoms with E-state index < -0.39 is 0 Å². The van der Waals surface area contributed by atoms with E-state index in [0.717, 1.165) is 29.6 Å². The molecule has 3 aliphatic rings. The molecule has 290 valence electrons. The summed E-state index contributed by atoms with van der Waals surface area (Å²) in [5, 5.41) is 0.